The van der Waals surface area contributed by atoms with Crippen LogP contribution < -0.4 is 10.9 Å². The molecule has 3 aromatic rings. The topological polar surface area (TPSA) is 121 Å². The molecule has 2 heterocycles. The van der Waals surface area contributed by atoms with Crippen LogP contribution >= 0.6 is 0 Å². The third-order valence-corrected chi connectivity index (χ3v) is 5.01. The van der Waals surface area contributed by atoms with Gasteiger partial charge in [0.2, 0.25) is 0 Å². The number of nitrogens with zero attached hydrogens (tertiary/aromatic N) is 1. The number of hydrogen-bond donors (Lipinski definition) is 3. The minimum absolute atomic E-state index is 0.0929. The van der Waals surface area contributed by atoms with Crippen molar-refractivity contribution in [2.75, 3.05) is 5.32 Å². The van der Waals surface area contributed by atoms with Crippen LogP contribution in [0, 0.1) is 10.1 Å². The summed E-state index contributed by atoms with van der Waals surface area (Å²) in [6, 6.07) is 13.2. The van der Waals surface area contributed by atoms with E-state index >= 15 is 0 Å². The van der Waals surface area contributed by atoms with Crippen molar-refractivity contribution in [2.45, 2.75) is 5.92 Å². The van der Waals surface area contributed by atoms with Crippen molar-refractivity contribution >= 4 is 23.0 Å². The molecule has 0 bridgehead atoms. The molecule has 1 atom stereocenters. The monoisotopic (exact) mass is 360 g/mol. The molecule has 0 amide bonds. The predicted molar refractivity (Wildman–Crippen MR) is 97.7 cm³/mol. The summed E-state index contributed by atoms with van der Waals surface area (Å²) in [5, 5.41) is 19.7. The molecular formula is C19H12N4O4. The number of carbonyl (C=O) groups is 1. The Hall–Kier alpha value is -3.94. The van der Waals surface area contributed by atoms with Gasteiger partial charge in [0.25, 0.3) is 11.2 Å². The number of Topliss-reactive ketones (excluding diaryl/α,β-unsaturated/α-hetero) is 1. The lowest BCUT2D eigenvalue weighted by Crippen LogP contribution is -2.23. The van der Waals surface area contributed by atoms with Gasteiger partial charge in [0.1, 0.15) is 5.82 Å². The maximum atomic E-state index is 13.1. The molecule has 0 radical (unpaired) electrons. The Morgan fingerprint density at radius 1 is 0.963 bits per heavy atom. The Kier molecular flexibility index (Phi) is 3.00. The highest BCUT2D eigenvalue weighted by Gasteiger charge is 2.42. The summed E-state index contributed by atoms with van der Waals surface area (Å²) in [5.41, 5.74) is 2.74. The number of benzene rings is 2. The largest absolute Gasteiger partial charge is 0.339 e. The summed E-state index contributed by atoms with van der Waals surface area (Å²) >= 11 is 0. The number of aromatic nitrogens is 2. The first-order chi connectivity index (χ1) is 13.1. The highest BCUT2D eigenvalue weighted by molar-refractivity contribution is 6.23. The first kappa shape index (κ1) is 15.3. The number of fused-ring (bicyclic) bond motifs is 3. The number of rotatable bonds is 2. The van der Waals surface area contributed by atoms with Gasteiger partial charge in [-0.2, -0.15) is 0 Å². The second-order valence-corrected chi connectivity index (χ2v) is 6.44. The van der Waals surface area contributed by atoms with Crippen molar-refractivity contribution in [1.82, 2.24) is 10.2 Å². The summed E-state index contributed by atoms with van der Waals surface area (Å²) in [4.78, 5) is 36.3. The van der Waals surface area contributed by atoms with Crippen LogP contribution in [-0.2, 0) is 0 Å². The summed E-state index contributed by atoms with van der Waals surface area (Å²) in [6.07, 6.45) is 0. The fraction of sp³-hybridized carbons (Fsp3) is 0.0526. The molecule has 1 aromatic heterocycles. The number of nitrogens with one attached hydrogen (secondary N) is 3. The van der Waals surface area contributed by atoms with Crippen LogP contribution in [0.25, 0.3) is 5.70 Å². The number of aromatic amines is 2. The highest BCUT2D eigenvalue weighted by atomic mass is 16.6. The number of nitro groups is 1. The van der Waals surface area contributed by atoms with Gasteiger partial charge in [0.15, 0.2) is 5.78 Å². The Morgan fingerprint density at radius 2 is 1.74 bits per heavy atom. The maximum Gasteiger partial charge on any atom is 0.270 e. The van der Waals surface area contributed by atoms with Gasteiger partial charge in [-0.25, -0.2) is 0 Å². The number of non-ortho nitro benzene ring substituents is 1. The normalized spacial score (nSPS) is 17.2. The van der Waals surface area contributed by atoms with E-state index in [1.165, 1.54) is 12.1 Å². The zero-order valence-electron chi connectivity index (χ0n) is 13.8. The van der Waals surface area contributed by atoms with Crippen molar-refractivity contribution in [3.05, 3.63) is 96.8 Å². The van der Waals surface area contributed by atoms with Crippen molar-refractivity contribution in [1.29, 1.82) is 0 Å². The van der Waals surface area contributed by atoms with Gasteiger partial charge in [-0.1, -0.05) is 36.4 Å². The lowest BCUT2D eigenvalue weighted by molar-refractivity contribution is -0.384. The number of ketones is 1. The number of anilines is 1. The number of allylic oxidation sites excluding steroid dienone is 1. The molecule has 8 nitrogen and oxygen atoms in total. The van der Waals surface area contributed by atoms with E-state index in [0.717, 1.165) is 5.56 Å². The molecule has 1 aliphatic heterocycles. The van der Waals surface area contributed by atoms with Crippen LogP contribution in [0.1, 0.15) is 33.0 Å². The molecule has 8 heteroatoms. The fourth-order valence-corrected chi connectivity index (χ4v) is 3.87. The summed E-state index contributed by atoms with van der Waals surface area (Å²) in [6.45, 7) is 0. The molecule has 3 N–H and O–H groups in total. The first-order valence-corrected chi connectivity index (χ1v) is 8.26. The zero-order chi connectivity index (χ0) is 18.7. The lowest BCUT2D eigenvalue weighted by Gasteiger charge is -2.25. The second kappa shape index (κ2) is 5.28. The molecule has 2 aliphatic rings. The van der Waals surface area contributed by atoms with E-state index in [1.807, 2.05) is 12.1 Å². The van der Waals surface area contributed by atoms with Gasteiger partial charge in [0.05, 0.1) is 16.2 Å². The van der Waals surface area contributed by atoms with E-state index < -0.39 is 10.8 Å². The SMILES string of the molecule is O=C1C2=C(Nc3[nH][nH]c(=O)c3[C@@H]2c2cccc([N+](=O)[O-])c2)c2ccccc21. The Balaban J connectivity index is 1.79. The van der Waals surface area contributed by atoms with E-state index in [1.54, 1.807) is 24.3 Å². The van der Waals surface area contributed by atoms with Gasteiger partial charge >= 0.3 is 0 Å². The second-order valence-electron chi connectivity index (χ2n) is 6.44. The standard InChI is InChI=1S/C19H12N4O4/c24-17-12-7-2-1-6-11(12)16-14(17)13(15-18(20-16)21-22-19(15)25)9-4-3-5-10(8-9)23(26)27/h1-8,13H,(H3,20,21,22,25)/t13-/m1/s1. The van der Waals surface area contributed by atoms with Crippen molar-refractivity contribution in [2.24, 2.45) is 0 Å². The molecule has 2 aromatic carbocycles. The molecule has 0 saturated carbocycles. The molecule has 0 saturated heterocycles. The van der Waals surface area contributed by atoms with Gasteiger partial charge in [-0.05, 0) is 5.56 Å². The number of H-pyrrole nitrogens is 2. The molecule has 0 spiro atoms. The van der Waals surface area contributed by atoms with Crippen LogP contribution in [0.4, 0.5) is 11.5 Å². The minimum Gasteiger partial charge on any atom is -0.339 e. The fourth-order valence-electron chi connectivity index (χ4n) is 3.87. The van der Waals surface area contributed by atoms with E-state index in [-0.39, 0.29) is 17.0 Å². The minimum atomic E-state index is -0.703. The molecule has 132 valence electrons. The van der Waals surface area contributed by atoms with Crippen molar-refractivity contribution in [3.8, 4) is 0 Å². The predicted octanol–water partition coefficient (Wildman–Crippen LogP) is 2.78. The Morgan fingerprint density at radius 3 is 2.52 bits per heavy atom. The lowest BCUT2D eigenvalue weighted by atomic mass is 9.82. The smallest absolute Gasteiger partial charge is 0.270 e. The molecule has 0 fully saturated rings. The average Bonchev–Trinajstić information content (AvgIpc) is 3.19. The van der Waals surface area contributed by atoms with Gasteiger partial charge in [-0.15, -0.1) is 0 Å². The Labute approximate surface area is 151 Å². The zero-order valence-corrected chi connectivity index (χ0v) is 13.8. The summed E-state index contributed by atoms with van der Waals surface area (Å²) < 4.78 is 0. The van der Waals surface area contributed by atoms with Gasteiger partial charge < -0.3 is 5.32 Å². The van der Waals surface area contributed by atoms with Crippen molar-refractivity contribution in [3.63, 3.8) is 0 Å². The van der Waals surface area contributed by atoms with Crippen molar-refractivity contribution < 1.29 is 9.72 Å². The molecule has 27 heavy (non-hydrogen) atoms. The summed E-state index contributed by atoms with van der Waals surface area (Å²) in [5.74, 6) is -0.429. The molecule has 0 unspecified atom stereocenters. The summed E-state index contributed by atoms with van der Waals surface area (Å²) in [7, 11) is 0. The number of carbonyl (C=O) groups excluding carboxylic acids is 1. The van der Waals surface area contributed by atoms with E-state index in [9.17, 15) is 19.7 Å². The van der Waals surface area contributed by atoms with Gasteiger partial charge in [-0.3, -0.25) is 29.9 Å². The quantitative estimate of drug-likeness (QED) is 0.479. The first-order valence-electron chi connectivity index (χ1n) is 8.26. The van der Waals surface area contributed by atoms with Crippen LogP contribution in [0.5, 0.6) is 0 Å². The molecule has 1 aliphatic carbocycles. The van der Waals surface area contributed by atoms with E-state index in [0.29, 0.717) is 33.8 Å². The average molecular weight is 360 g/mol. The van der Waals surface area contributed by atoms with E-state index in [2.05, 4.69) is 15.5 Å². The third-order valence-electron chi connectivity index (χ3n) is 5.01. The highest BCUT2D eigenvalue weighted by Crippen LogP contribution is 2.47. The van der Waals surface area contributed by atoms with Crippen LogP contribution in [0.15, 0.2) is 58.9 Å². The molecule has 5 rings (SSSR count). The van der Waals surface area contributed by atoms with E-state index in [4.69, 9.17) is 0 Å². The Bertz CT molecular complexity index is 1230. The van der Waals surface area contributed by atoms with Crippen LogP contribution in [0.3, 0.4) is 0 Å². The third kappa shape index (κ3) is 2.03. The van der Waals surface area contributed by atoms with Crippen LogP contribution in [-0.4, -0.2) is 20.9 Å². The molecular weight excluding hydrogens is 348 g/mol. The van der Waals surface area contributed by atoms with Gasteiger partial charge in [0, 0.05) is 34.8 Å². The number of hydrogen-bond acceptors (Lipinski definition) is 5. The maximum absolute atomic E-state index is 13.1. The van der Waals surface area contributed by atoms with Crippen LogP contribution in [0.2, 0.25) is 0 Å². The number of nitro benzene ring substituents is 1.